The molecule has 0 aliphatic carbocycles. The summed E-state index contributed by atoms with van der Waals surface area (Å²) in [7, 11) is 3.03. The second-order valence-electron chi connectivity index (χ2n) is 4.65. The fourth-order valence-electron chi connectivity index (χ4n) is 2.35. The second-order valence-corrected chi connectivity index (χ2v) is 4.65. The molecule has 7 nitrogen and oxygen atoms in total. The Balaban J connectivity index is 2.10. The number of aromatic nitrogens is 3. The average molecular weight is 266 g/mol. The summed E-state index contributed by atoms with van der Waals surface area (Å²) in [6.07, 6.45) is 4.48. The summed E-state index contributed by atoms with van der Waals surface area (Å²) < 4.78 is 4.68. The van der Waals surface area contributed by atoms with E-state index in [1.807, 2.05) is 0 Å². The van der Waals surface area contributed by atoms with E-state index in [0.29, 0.717) is 12.2 Å². The number of piperidine rings is 1. The van der Waals surface area contributed by atoms with Gasteiger partial charge < -0.3 is 9.64 Å². The molecule has 1 unspecified atom stereocenters. The van der Waals surface area contributed by atoms with E-state index in [1.165, 1.54) is 18.1 Å². The van der Waals surface area contributed by atoms with Crippen LogP contribution in [-0.4, -0.2) is 51.5 Å². The Morgan fingerprint density at radius 3 is 2.89 bits per heavy atom. The molecule has 0 aromatic carbocycles. The zero-order valence-electron chi connectivity index (χ0n) is 11.2. The van der Waals surface area contributed by atoms with Crippen LogP contribution in [0.1, 0.15) is 36.2 Å². The molecule has 1 saturated heterocycles. The van der Waals surface area contributed by atoms with Crippen molar-refractivity contribution in [3.05, 3.63) is 11.9 Å². The molecular weight excluding hydrogens is 248 g/mol. The summed E-state index contributed by atoms with van der Waals surface area (Å²) in [6, 6.07) is -0.101. The number of aryl methyl sites for hydroxylation is 1. The minimum Gasteiger partial charge on any atom is -0.469 e. The fourth-order valence-corrected chi connectivity index (χ4v) is 2.35. The highest BCUT2D eigenvalue weighted by atomic mass is 16.5. The van der Waals surface area contributed by atoms with Crippen LogP contribution in [0.15, 0.2) is 6.20 Å². The maximum absolute atomic E-state index is 12.4. The zero-order valence-corrected chi connectivity index (χ0v) is 11.2. The highest BCUT2D eigenvalue weighted by Crippen LogP contribution is 2.21. The number of esters is 1. The van der Waals surface area contributed by atoms with E-state index in [2.05, 4.69) is 14.9 Å². The van der Waals surface area contributed by atoms with Crippen molar-refractivity contribution < 1.29 is 14.3 Å². The van der Waals surface area contributed by atoms with Crippen LogP contribution in [0, 0.1) is 0 Å². The largest absolute Gasteiger partial charge is 0.469 e. The molecule has 2 heterocycles. The molecule has 1 atom stereocenters. The number of ether oxygens (including phenoxy) is 1. The quantitative estimate of drug-likeness (QED) is 0.739. The van der Waals surface area contributed by atoms with Crippen LogP contribution >= 0.6 is 0 Å². The Morgan fingerprint density at radius 1 is 1.47 bits per heavy atom. The van der Waals surface area contributed by atoms with E-state index in [4.69, 9.17) is 0 Å². The topological polar surface area (TPSA) is 77.3 Å². The molecule has 1 amide bonds. The van der Waals surface area contributed by atoms with Gasteiger partial charge in [0.05, 0.1) is 19.7 Å². The molecular formula is C12H18N4O3. The Labute approximate surface area is 111 Å². The lowest BCUT2D eigenvalue weighted by atomic mass is 9.99. The minimum absolute atomic E-state index is 0.101. The highest BCUT2D eigenvalue weighted by molar-refractivity contribution is 5.92. The molecule has 1 aliphatic heterocycles. The third kappa shape index (κ3) is 3.10. The molecule has 0 bridgehead atoms. The van der Waals surface area contributed by atoms with Crippen LogP contribution in [0.25, 0.3) is 0 Å². The Bertz CT molecular complexity index is 471. The number of hydrogen-bond acceptors (Lipinski definition) is 5. The molecule has 19 heavy (non-hydrogen) atoms. The first kappa shape index (κ1) is 13.5. The Morgan fingerprint density at radius 2 is 2.26 bits per heavy atom. The second kappa shape index (κ2) is 5.81. The van der Waals surface area contributed by atoms with Crippen LogP contribution in [0.5, 0.6) is 0 Å². The first-order valence-electron chi connectivity index (χ1n) is 6.36. The number of rotatable bonds is 3. The van der Waals surface area contributed by atoms with E-state index in [-0.39, 0.29) is 24.3 Å². The van der Waals surface area contributed by atoms with Gasteiger partial charge in [-0.25, -0.2) is 0 Å². The van der Waals surface area contributed by atoms with Crippen LogP contribution in [0.4, 0.5) is 0 Å². The summed E-state index contributed by atoms with van der Waals surface area (Å²) in [5.41, 5.74) is 0.319. The van der Waals surface area contributed by atoms with Gasteiger partial charge in [-0.2, -0.15) is 9.90 Å². The first-order valence-corrected chi connectivity index (χ1v) is 6.36. The van der Waals surface area contributed by atoms with Gasteiger partial charge in [-0.1, -0.05) is 0 Å². The van der Waals surface area contributed by atoms with E-state index in [0.717, 1.165) is 19.3 Å². The van der Waals surface area contributed by atoms with Gasteiger partial charge >= 0.3 is 5.97 Å². The van der Waals surface area contributed by atoms with E-state index < -0.39 is 0 Å². The third-order valence-electron chi connectivity index (χ3n) is 3.34. The van der Waals surface area contributed by atoms with Crippen molar-refractivity contribution >= 4 is 11.9 Å². The maximum Gasteiger partial charge on any atom is 0.307 e. The molecule has 0 N–H and O–H groups in total. The Kier molecular flexibility index (Phi) is 4.13. The fraction of sp³-hybridized carbons (Fsp3) is 0.667. The summed E-state index contributed by atoms with van der Waals surface area (Å²) >= 11 is 0. The summed E-state index contributed by atoms with van der Waals surface area (Å²) in [4.78, 5) is 26.8. The van der Waals surface area contributed by atoms with Gasteiger partial charge in [0, 0.05) is 19.6 Å². The number of amides is 1. The Hall–Kier alpha value is -1.92. The molecule has 0 spiro atoms. The molecule has 7 heteroatoms. The van der Waals surface area contributed by atoms with Gasteiger partial charge in [-0.15, -0.1) is 5.10 Å². The molecule has 1 aliphatic rings. The average Bonchev–Trinajstić information content (AvgIpc) is 2.85. The number of carbonyl (C=O) groups is 2. The van der Waals surface area contributed by atoms with Gasteiger partial charge in [-0.3, -0.25) is 9.59 Å². The monoisotopic (exact) mass is 266 g/mol. The number of methoxy groups -OCH3 is 1. The van der Waals surface area contributed by atoms with Gasteiger partial charge in [0.1, 0.15) is 0 Å². The van der Waals surface area contributed by atoms with Crippen LogP contribution in [0.3, 0.4) is 0 Å². The summed E-state index contributed by atoms with van der Waals surface area (Å²) in [6.45, 7) is 0.650. The third-order valence-corrected chi connectivity index (χ3v) is 3.34. The van der Waals surface area contributed by atoms with E-state index >= 15 is 0 Å². The van der Waals surface area contributed by atoms with Gasteiger partial charge in [0.2, 0.25) is 0 Å². The van der Waals surface area contributed by atoms with Crippen molar-refractivity contribution in [3.8, 4) is 0 Å². The van der Waals surface area contributed by atoms with Gasteiger partial charge in [0.25, 0.3) is 5.91 Å². The molecule has 0 saturated carbocycles. The first-order chi connectivity index (χ1) is 9.11. The lowest BCUT2D eigenvalue weighted by molar-refractivity contribution is -0.142. The SMILES string of the molecule is COC(=O)CC1CCCCN1C(=O)c1cnn(C)n1. The predicted molar refractivity (Wildman–Crippen MR) is 66.3 cm³/mol. The smallest absolute Gasteiger partial charge is 0.307 e. The van der Waals surface area contributed by atoms with E-state index in [9.17, 15) is 9.59 Å². The number of hydrogen-bond donors (Lipinski definition) is 0. The van der Waals surface area contributed by atoms with Crippen molar-refractivity contribution in [2.75, 3.05) is 13.7 Å². The zero-order chi connectivity index (χ0) is 13.8. The number of likely N-dealkylation sites (tertiary alicyclic amines) is 1. The summed E-state index contributed by atoms with van der Waals surface area (Å²) in [5.74, 6) is -0.453. The normalized spacial score (nSPS) is 19.3. The van der Waals surface area contributed by atoms with Crippen LogP contribution in [0.2, 0.25) is 0 Å². The summed E-state index contributed by atoms with van der Waals surface area (Å²) in [5, 5.41) is 7.92. The highest BCUT2D eigenvalue weighted by Gasteiger charge is 2.30. The molecule has 1 aromatic heterocycles. The molecule has 2 rings (SSSR count). The van der Waals surface area contributed by atoms with Crippen molar-refractivity contribution in [1.82, 2.24) is 19.9 Å². The predicted octanol–water partition coefficient (Wildman–Crippen LogP) is 0.373. The van der Waals surface area contributed by atoms with Crippen LogP contribution < -0.4 is 0 Å². The lowest BCUT2D eigenvalue weighted by Gasteiger charge is -2.34. The van der Waals surface area contributed by atoms with E-state index in [1.54, 1.807) is 11.9 Å². The van der Waals surface area contributed by atoms with Gasteiger partial charge in [0.15, 0.2) is 5.69 Å². The molecule has 1 aromatic rings. The standard InChI is InChI=1S/C12H18N4O3/c1-15-13-8-10(14-15)12(18)16-6-4-3-5-9(16)7-11(17)19-2/h8-9H,3-7H2,1-2H3. The van der Waals surface area contributed by atoms with Crippen molar-refractivity contribution in [3.63, 3.8) is 0 Å². The van der Waals surface area contributed by atoms with Gasteiger partial charge in [-0.05, 0) is 19.3 Å². The molecule has 1 fully saturated rings. The van der Waals surface area contributed by atoms with Crippen molar-refractivity contribution in [2.24, 2.45) is 7.05 Å². The maximum atomic E-state index is 12.4. The lowest BCUT2D eigenvalue weighted by Crippen LogP contribution is -2.45. The van der Waals surface area contributed by atoms with Crippen molar-refractivity contribution in [1.29, 1.82) is 0 Å². The number of nitrogens with zero attached hydrogens (tertiary/aromatic N) is 4. The van der Waals surface area contributed by atoms with Crippen LogP contribution in [-0.2, 0) is 16.6 Å². The molecule has 0 radical (unpaired) electrons. The molecule has 104 valence electrons. The number of carbonyl (C=O) groups excluding carboxylic acids is 2. The minimum atomic E-state index is -0.288. The van der Waals surface area contributed by atoms with Crippen molar-refractivity contribution in [2.45, 2.75) is 31.7 Å².